The molecule has 2 aromatic rings. The number of aromatic nitrogens is 1. The van der Waals surface area contributed by atoms with Crippen LogP contribution in [-0.4, -0.2) is 56.2 Å². The Kier molecular flexibility index (Phi) is 6.01. The molecular weight excluding hydrogens is 463 g/mol. The second-order valence-electron chi connectivity index (χ2n) is 9.36. The van der Waals surface area contributed by atoms with Gasteiger partial charge in [-0.2, -0.15) is 0 Å². The van der Waals surface area contributed by atoms with Crippen molar-refractivity contribution >= 4 is 39.2 Å². The first-order valence-corrected chi connectivity index (χ1v) is 13.1. The third-order valence-corrected chi connectivity index (χ3v) is 8.81. The number of benzene rings is 1. The molecule has 1 saturated heterocycles. The molecule has 1 saturated carbocycles. The van der Waals surface area contributed by atoms with Crippen LogP contribution in [0.15, 0.2) is 11.0 Å². The normalized spacial score (nSPS) is 20.4. The Morgan fingerprint density at radius 2 is 1.94 bits per heavy atom. The van der Waals surface area contributed by atoms with Crippen molar-refractivity contribution in [2.75, 3.05) is 43.0 Å². The van der Waals surface area contributed by atoms with Gasteiger partial charge in [0.15, 0.2) is 11.6 Å². The largest absolute Gasteiger partial charge is 0.487 e. The lowest BCUT2D eigenvalue weighted by molar-refractivity contribution is 0.0692. The van der Waals surface area contributed by atoms with Crippen LogP contribution in [0.25, 0.3) is 10.9 Å². The van der Waals surface area contributed by atoms with Crippen LogP contribution < -0.4 is 21.2 Å². The molecule has 1 aromatic heterocycles. The first-order valence-electron chi connectivity index (χ1n) is 11.8. The summed E-state index contributed by atoms with van der Waals surface area (Å²) in [5.41, 5.74) is 4.27. The molecule has 0 radical (unpaired) electrons. The van der Waals surface area contributed by atoms with Crippen molar-refractivity contribution < 1.29 is 23.2 Å². The average Bonchev–Trinajstić information content (AvgIpc) is 3.30. The smallest absolute Gasteiger partial charge is 0.341 e. The fourth-order valence-corrected chi connectivity index (χ4v) is 6.73. The highest BCUT2D eigenvalue weighted by Gasteiger charge is 2.43. The van der Waals surface area contributed by atoms with E-state index in [0.717, 1.165) is 58.0 Å². The van der Waals surface area contributed by atoms with Crippen LogP contribution in [-0.2, 0) is 16.5 Å². The summed E-state index contributed by atoms with van der Waals surface area (Å²) in [7, 11) is -1.18. The van der Waals surface area contributed by atoms with Gasteiger partial charge in [0.1, 0.15) is 17.9 Å². The summed E-state index contributed by atoms with van der Waals surface area (Å²) in [4.78, 5) is 24.8. The van der Waals surface area contributed by atoms with Gasteiger partial charge in [-0.15, -0.1) is 0 Å². The van der Waals surface area contributed by atoms with Gasteiger partial charge in [0, 0.05) is 25.8 Å². The molecule has 3 heterocycles. The van der Waals surface area contributed by atoms with Crippen LogP contribution in [0.3, 0.4) is 0 Å². The van der Waals surface area contributed by atoms with Crippen molar-refractivity contribution in [2.45, 2.75) is 50.5 Å². The van der Waals surface area contributed by atoms with Crippen molar-refractivity contribution in [2.24, 2.45) is 0 Å². The Morgan fingerprint density at radius 1 is 1.24 bits per heavy atom. The molecule has 1 spiro atoms. The maximum absolute atomic E-state index is 15.4. The second kappa shape index (κ2) is 8.84. The molecule has 3 aliphatic rings. The Hall–Kier alpha value is -2.66. The molecule has 5 rings (SSSR count). The van der Waals surface area contributed by atoms with Gasteiger partial charge in [-0.05, 0) is 25.7 Å². The van der Waals surface area contributed by atoms with Crippen LogP contribution in [0.2, 0.25) is 0 Å². The summed E-state index contributed by atoms with van der Waals surface area (Å²) in [6, 6.07) is 0. The maximum Gasteiger partial charge on any atom is 0.341 e. The number of fused-ring (bicyclic) bond motifs is 1. The predicted molar refractivity (Wildman–Crippen MR) is 128 cm³/mol. The van der Waals surface area contributed by atoms with Crippen molar-refractivity contribution in [3.8, 4) is 5.75 Å². The van der Waals surface area contributed by atoms with Crippen molar-refractivity contribution in [1.82, 2.24) is 8.87 Å². The maximum atomic E-state index is 15.4. The molecule has 1 atom stereocenters. The van der Waals surface area contributed by atoms with Crippen molar-refractivity contribution in [3.63, 3.8) is 0 Å². The van der Waals surface area contributed by atoms with Crippen LogP contribution in [0.4, 0.5) is 15.8 Å². The number of hydrogen-bond donors (Lipinski definition) is 3. The minimum Gasteiger partial charge on any atom is -0.487 e. The number of aromatic carboxylic acids is 1. The third kappa shape index (κ3) is 3.65. The first kappa shape index (κ1) is 23.1. The van der Waals surface area contributed by atoms with Gasteiger partial charge < -0.3 is 25.5 Å². The number of rotatable bonds is 6. The Bertz CT molecular complexity index is 1230. The predicted octanol–water partition coefficient (Wildman–Crippen LogP) is 2.64. The lowest BCUT2D eigenvalue weighted by Crippen LogP contribution is -2.42. The molecule has 1 unspecified atom stereocenters. The number of nitrogens with two attached hydrogens (primary N) is 1. The zero-order chi connectivity index (χ0) is 24.0. The molecule has 0 bridgehead atoms. The minimum absolute atomic E-state index is 0.0183. The van der Waals surface area contributed by atoms with Crippen LogP contribution in [0.5, 0.6) is 5.75 Å². The summed E-state index contributed by atoms with van der Waals surface area (Å²) in [5, 5.41) is 12.5. The molecule has 1 aromatic carbocycles. The van der Waals surface area contributed by atoms with E-state index in [1.54, 1.807) is 4.57 Å². The van der Waals surface area contributed by atoms with E-state index in [1.165, 1.54) is 6.20 Å². The van der Waals surface area contributed by atoms with E-state index in [9.17, 15) is 18.9 Å². The van der Waals surface area contributed by atoms with E-state index in [-0.39, 0.29) is 30.0 Å². The van der Waals surface area contributed by atoms with Gasteiger partial charge in [0.2, 0.25) is 5.43 Å². The lowest BCUT2D eigenvalue weighted by atomic mass is 9.93. The van der Waals surface area contributed by atoms with Gasteiger partial charge in [-0.1, -0.05) is 19.3 Å². The number of carboxylic acids is 1. The monoisotopic (exact) mass is 492 g/mol. The molecule has 1 aliphatic carbocycles. The lowest BCUT2D eigenvalue weighted by Gasteiger charge is -2.39. The van der Waals surface area contributed by atoms with Crippen molar-refractivity contribution in [3.05, 3.63) is 27.8 Å². The van der Waals surface area contributed by atoms with Gasteiger partial charge >= 0.3 is 5.97 Å². The number of hydrogen-bond acceptors (Lipinski definition) is 6. The molecule has 11 heteroatoms. The van der Waals surface area contributed by atoms with E-state index in [1.807, 2.05) is 4.31 Å². The van der Waals surface area contributed by atoms with Gasteiger partial charge in [-0.25, -0.2) is 17.7 Å². The topological polar surface area (TPSA) is 127 Å². The van der Waals surface area contributed by atoms with Crippen LogP contribution in [0, 0.1) is 5.82 Å². The Balaban J connectivity index is 1.57. The number of carbonyl (C=O) groups is 1. The number of piperidine rings is 1. The van der Waals surface area contributed by atoms with Crippen molar-refractivity contribution in [1.29, 1.82) is 0 Å². The Labute approximate surface area is 198 Å². The fraction of sp³-hybridized carbons (Fsp3) is 0.565. The number of nitrogens with one attached hydrogen (secondary N) is 1. The third-order valence-electron chi connectivity index (χ3n) is 7.32. The van der Waals surface area contributed by atoms with E-state index in [4.69, 9.17) is 10.5 Å². The van der Waals surface area contributed by atoms with Crippen LogP contribution in [0.1, 0.15) is 55.3 Å². The number of nitrogens with zero attached hydrogens (tertiary/aromatic N) is 2. The van der Waals surface area contributed by atoms with E-state index >= 15 is 4.39 Å². The number of ether oxygens (including phenoxy) is 1. The van der Waals surface area contributed by atoms with Gasteiger partial charge in [0.05, 0.1) is 38.9 Å². The number of halogens is 1. The SMILES string of the molecule is Nc1c(F)c(NCCS(=O)N2CCCCC2)c2c3c1c(=O)c(C(=O)O)cn3C1(CCCC1)CO2. The number of pyridine rings is 1. The second-order valence-corrected chi connectivity index (χ2v) is 10.9. The molecule has 2 aliphatic heterocycles. The van der Waals surface area contributed by atoms with E-state index < -0.39 is 45.0 Å². The number of anilines is 2. The summed E-state index contributed by atoms with van der Waals surface area (Å²) in [6.45, 7) is 2.05. The molecule has 9 nitrogen and oxygen atoms in total. The summed E-state index contributed by atoms with van der Waals surface area (Å²) in [6.07, 6.45) is 7.95. The van der Waals surface area contributed by atoms with Gasteiger partial charge in [0.25, 0.3) is 0 Å². The summed E-state index contributed by atoms with van der Waals surface area (Å²) < 4.78 is 37.9. The zero-order valence-electron chi connectivity index (χ0n) is 18.9. The highest BCUT2D eigenvalue weighted by molar-refractivity contribution is 7.82. The number of carboxylic acid groups (broad SMARTS) is 1. The molecule has 34 heavy (non-hydrogen) atoms. The fourth-order valence-electron chi connectivity index (χ4n) is 5.53. The standard InChI is InChI=1S/C23H29FN4O5S/c24-16-17(25)15-19-21(18(16)26-8-11-34(32)27-9-4-1-5-10-27)33-13-23(6-2-3-7-23)28(19)12-14(20(15)29)22(30)31/h12,26H,1-11,13,25H2,(H,30,31). The average molecular weight is 493 g/mol. The molecule has 184 valence electrons. The quantitative estimate of drug-likeness (QED) is 0.529. The van der Waals surface area contributed by atoms with E-state index in [0.29, 0.717) is 11.3 Å². The van der Waals surface area contributed by atoms with E-state index in [2.05, 4.69) is 5.32 Å². The highest BCUT2D eigenvalue weighted by atomic mass is 32.2. The summed E-state index contributed by atoms with van der Waals surface area (Å²) >= 11 is 0. The molecular formula is C23H29FN4O5S. The number of nitrogen functional groups attached to an aromatic ring is 1. The zero-order valence-corrected chi connectivity index (χ0v) is 19.7. The molecule has 4 N–H and O–H groups in total. The molecule has 0 amide bonds. The summed E-state index contributed by atoms with van der Waals surface area (Å²) in [5.74, 6) is -1.79. The Morgan fingerprint density at radius 3 is 2.62 bits per heavy atom. The van der Waals surface area contributed by atoms with Gasteiger partial charge in [-0.3, -0.25) is 4.79 Å². The minimum atomic E-state index is -1.38. The van der Waals surface area contributed by atoms with Crippen LogP contribution >= 0.6 is 0 Å². The molecule has 2 fully saturated rings. The highest BCUT2D eigenvalue weighted by Crippen LogP contribution is 2.48. The first-order chi connectivity index (χ1) is 16.3.